The Morgan fingerprint density at radius 3 is 3.00 bits per heavy atom. The second-order valence-corrected chi connectivity index (χ2v) is 3.54. The smallest absolute Gasteiger partial charge is 0.335 e. The molecule has 0 aliphatic carbocycles. The Morgan fingerprint density at radius 1 is 1.65 bits per heavy atom. The second kappa shape index (κ2) is 4.34. The molecule has 2 N–H and O–H groups in total. The molecular formula is C11H11N3O3. The van der Waals surface area contributed by atoms with E-state index >= 15 is 0 Å². The Kier molecular flexibility index (Phi) is 2.88. The highest BCUT2D eigenvalue weighted by Gasteiger charge is 2.12. The minimum atomic E-state index is -1.03. The van der Waals surface area contributed by atoms with Gasteiger partial charge in [-0.05, 0) is 19.2 Å². The molecule has 0 saturated heterocycles. The van der Waals surface area contributed by atoms with Crippen LogP contribution in [0.5, 0.6) is 0 Å². The maximum absolute atomic E-state index is 10.9. The molecule has 0 unspecified atom stereocenters. The summed E-state index contributed by atoms with van der Waals surface area (Å²) in [6.45, 7) is 0.501. The molecule has 0 aliphatic rings. The molecule has 17 heavy (non-hydrogen) atoms. The number of carboxylic acid groups (broad SMARTS) is 1. The Hall–Kier alpha value is -2.21. The molecule has 0 aliphatic heterocycles. The van der Waals surface area contributed by atoms with Gasteiger partial charge in [-0.1, -0.05) is 0 Å². The van der Waals surface area contributed by atoms with Crippen LogP contribution in [-0.2, 0) is 6.54 Å². The molecular weight excluding hydrogens is 222 g/mol. The Labute approximate surface area is 96.9 Å². The lowest BCUT2D eigenvalue weighted by Gasteiger charge is -2.01. The number of aromatic carboxylic acids is 1. The van der Waals surface area contributed by atoms with Crippen molar-refractivity contribution in [1.82, 2.24) is 14.7 Å². The highest BCUT2D eigenvalue weighted by Crippen LogP contribution is 2.14. The molecule has 6 nitrogen and oxygen atoms in total. The fourth-order valence-electron chi connectivity index (χ4n) is 1.68. The summed E-state index contributed by atoms with van der Waals surface area (Å²) in [5.41, 5.74) is 0.889. The van der Waals surface area contributed by atoms with Crippen molar-refractivity contribution < 1.29 is 14.7 Å². The molecule has 0 atom stereocenters. The normalized spacial score (nSPS) is 10.6. The van der Waals surface area contributed by atoms with Gasteiger partial charge in [-0.25, -0.2) is 9.78 Å². The van der Waals surface area contributed by atoms with Gasteiger partial charge in [-0.2, -0.15) is 0 Å². The predicted octanol–water partition coefficient (Wildman–Crippen LogP) is 0.564. The van der Waals surface area contributed by atoms with Gasteiger partial charge in [0.2, 0.25) is 0 Å². The van der Waals surface area contributed by atoms with E-state index in [1.54, 1.807) is 17.6 Å². The zero-order valence-corrected chi connectivity index (χ0v) is 9.17. The number of imidazole rings is 1. The van der Waals surface area contributed by atoms with E-state index in [9.17, 15) is 9.59 Å². The number of hydrogen-bond donors (Lipinski definition) is 2. The maximum atomic E-state index is 10.9. The van der Waals surface area contributed by atoms with E-state index in [0.717, 1.165) is 0 Å². The minimum absolute atomic E-state index is 0.136. The largest absolute Gasteiger partial charge is 0.478 e. The molecule has 0 radical (unpaired) electrons. The van der Waals surface area contributed by atoms with Crippen LogP contribution in [-0.4, -0.2) is 33.8 Å². The molecule has 6 heteroatoms. The molecule has 0 amide bonds. The van der Waals surface area contributed by atoms with Crippen LogP contribution in [0, 0.1) is 0 Å². The monoisotopic (exact) mass is 233 g/mol. The number of carbonyl (C=O) groups is 2. The molecule has 0 fully saturated rings. The van der Waals surface area contributed by atoms with Crippen LogP contribution in [0.2, 0.25) is 0 Å². The van der Waals surface area contributed by atoms with Gasteiger partial charge in [0, 0.05) is 6.20 Å². The standard InChI is InChI=1S/C11H11N3O3/c1-12-5-10-13-8(6-15)9-4-7(11(16)17)2-3-14(9)10/h2-4,6,12H,5H2,1H3,(H,16,17). The summed E-state index contributed by atoms with van der Waals surface area (Å²) >= 11 is 0. The van der Waals surface area contributed by atoms with Crippen molar-refractivity contribution in [2.24, 2.45) is 0 Å². The number of pyridine rings is 1. The van der Waals surface area contributed by atoms with Gasteiger partial charge < -0.3 is 14.8 Å². The number of fused-ring (bicyclic) bond motifs is 1. The predicted molar refractivity (Wildman–Crippen MR) is 60.3 cm³/mol. The van der Waals surface area contributed by atoms with Gasteiger partial charge in [0.05, 0.1) is 17.6 Å². The van der Waals surface area contributed by atoms with Crippen molar-refractivity contribution in [1.29, 1.82) is 0 Å². The average Bonchev–Trinajstić information content (AvgIpc) is 2.67. The van der Waals surface area contributed by atoms with E-state index in [-0.39, 0.29) is 11.3 Å². The lowest BCUT2D eigenvalue weighted by atomic mass is 10.2. The molecule has 0 saturated carbocycles. The fourth-order valence-corrected chi connectivity index (χ4v) is 1.68. The third-order valence-electron chi connectivity index (χ3n) is 2.44. The molecule has 2 aromatic rings. The maximum Gasteiger partial charge on any atom is 0.335 e. The Morgan fingerprint density at radius 2 is 2.41 bits per heavy atom. The van der Waals surface area contributed by atoms with Gasteiger partial charge in [0.1, 0.15) is 11.5 Å². The van der Waals surface area contributed by atoms with Gasteiger partial charge >= 0.3 is 5.97 Å². The van der Waals surface area contributed by atoms with Crippen LogP contribution >= 0.6 is 0 Å². The van der Waals surface area contributed by atoms with Crippen molar-refractivity contribution in [2.45, 2.75) is 6.54 Å². The van der Waals surface area contributed by atoms with Gasteiger partial charge in [-0.15, -0.1) is 0 Å². The molecule has 0 aromatic carbocycles. The van der Waals surface area contributed by atoms with E-state index in [1.807, 2.05) is 0 Å². The SMILES string of the molecule is CNCc1nc(C=O)c2cc(C(=O)O)ccn12. The zero-order chi connectivity index (χ0) is 12.4. The summed E-state index contributed by atoms with van der Waals surface area (Å²) in [6.07, 6.45) is 2.23. The summed E-state index contributed by atoms with van der Waals surface area (Å²) < 4.78 is 1.70. The van der Waals surface area contributed by atoms with Gasteiger partial charge in [0.15, 0.2) is 6.29 Å². The average molecular weight is 233 g/mol. The van der Waals surface area contributed by atoms with Crippen LogP contribution in [0.4, 0.5) is 0 Å². The quantitative estimate of drug-likeness (QED) is 0.754. The Bertz CT molecular complexity index is 589. The van der Waals surface area contributed by atoms with E-state index in [0.29, 0.717) is 24.2 Å². The van der Waals surface area contributed by atoms with Crippen LogP contribution < -0.4 is 5.32 Å². The zero-order valence-electron chi connectivity index (χ0n) is 9.17. The van der Waals surface area contributed by atoms with E-state index < -0.39 is 5.97 Å². The van der Waals surface area contributed by atoms with Crippen molar-refractivity contribution >= 4 is 17.8 Å². The number of carbonyl (C=O) groups excluding carboxylic acids is 1. The van der Waals surface area contributed by atoms with Gasteiger partial charge in [-0.3, -0.25) is 4.79 Å². The number of carboxylic acids is 1. The number of hydrogen-bond acceptors (Lipinski definition) is 4. The second-order valence-electron chi connectivity index (χ2n) is 3.54. The molecule has 0 spiro atoms. The van der Waals surface area contributed by atoms with Gasteiger partial charge in [0.25, 0.3) is 0 Å². The lowest BCUT2D eigenvalue weighted by Crippen LogP contribution is -2.09. The number of nitrogens with zero attached hydrogens (tertiary/aromatic N) is 2. The minimum Gasteiger partial charge on any atom is -0.478 e. The first-order valence-corrected chi connectivity index (χ1v) is 5.01. The van der Waals surface area contributed by atoms with Crippen molar-refractivity contribution in [2.75, 3.05) is 7.05 Å². The summed E-state index contributed by atoms with van der Waals surface area (Å²) in [5.74, 6) is -0.359. The summed E-state index contributed by atoms with van der Waals surface area (Å²) in [6, 6.07) is 2.92. The molecule has 2 aromatic heterocycles. The van der Waals surface area contributed by atoms with Crippen molar-refractivity contribution in [3.05, 3.63) is 35.4 Å². The first-order chi connectivity index (χ1) is 8.17. The number of aromatic nitrogens is 2. The van der Waals surface area contributed by atoms with E-state index in [2.05, 4.69) is 10.3 Å². The molecule has 2 rings (SSSR count). The van der Waals surface area contributed by atoms with Crippen LogP contribution in [0.1, 0.15) is 26.7 Å². The number of rotatable bonds is 4. The highest BCUT2D eigenvalue weighted by atomic mass is 16.4. The molecule has 0 bridgehead atoms. The van der Waals surface area contributed by atoms with Crippen LogP contribution in [0.15, 0.2) is 18.3 Å². The van der Waals surface area contributed by atoms with E-state index in [4.69, 9.17) is 5.11 Å². The third kappa shape index (κ3) is 1.90. The number of nitrogens with one attached hydrogen (secondary N) is 1. The van der Waals surface area contributed by atoms with Crippen molar-refractivity contribution in [3.63, 3.8) is 0 Å². The highest BCUT2D eigenvalue weighted by molar-refractivity contribution is 5.91. The first kappa shape index (κ1) is 11.3. The first-order valence-electron chi connectivity index (χ1n) is 5.01. The van der Waals surface area contributed by atoms with E-state index in [1.165, 1.54) is 12.1 Å². The lowest BCUT2D eigenvalue weighted by molar-refractivity contribution is 0.0696. The summed E-state index contributed by atoms with van der Waals surface area (Å²) in [5, 5.41) is 11.8. The molecule has 88 valence electrons. The summed E-state index contributed by atoms with van der Waals surface area (Å²) in [7, 11) is 1.77. The molecule has 2 heterocycles. The Balaban J connectivity index is 2.67. The van der Waals surface area contributed by atoms with Crippen molar-refractivity contribution in [3.8, 4) is 0 Å². The van der Waals surface area contributed by atoms with Crippen LogP contribution in [0.3, 0.4) is 0 Å². The summed E-state index contributed by atoms with van der Waals surface area (Å²) in [4.78, 5) is 25.9. The topological polar surface area (TPSA) is 83.7 Å². The van der Waals surface area contributed by atoms with Crippen LogP contribution in [0.25, 0.3) is 5.52 Å². The number of aldehydes is 1. The third-order valence-corrected chi connectivity index (χ3v) is 2.44. The fraction of sp³-hybridized carbons (Fsp3) is 0.182.